The van der Waals surface area contributed by atoms with Crippen molar-refractivity contribution in [2.75, 3.05) is 31.5 Å². The average molecular weight is 408 g/mol. The fourth-order valence-electron chi connectivity index (χ4n) is 4.88. The standard InChI is InChI=1S/C22H29N7O/c1-16-14-19(30)29-20(17-6-5-9-23-15-17)25-21(26-22(29)24-16)28-12-7-18(8-13-28)27-10-3-2-4-11-27/h5-6,9,14-15,18,20H,2-4,7-8,10-13H2,1H3,(H,24,25,26)/t20-/m0/s1. The van der Waals surface area contributed by atoms with Crippen molar-refractivity contribution in [2.24, 2.45) is 4.99 Å². The van der Waals surface area contributed by atoms with E-state index in [4.69, 9.17) is 4.99 Å². The van der Waals surface area contributed by atoms with E-state index in [-0.39, 0.29) is 5.56 Å². The van der Waals surface area contributed by atoms with Crippen molar-refractivity contribution < 1.29 is 0 Å². The second-order valence-electron chi connectivity index (χ2n) is 8.48. The van der Waals surface area contributed by atoms with Crippen LogP contribution in [0.3, 0.4) is 0 Å². The first-order chi connectivity index (χ1) is 14.7. The number of fused-ring (bicyclic) bond motifs is 1. The molecule has 0 radical (unpaired) electrons. The summed E-state index contributed by atoms with van der Waals surface area (Å²) >= 11 is 0. The van der Waals surface area contributed by atoms with Crippen LogP contribution in [0, 0.1) is 6.92 Å². The van der Waals surface area contributed by atoms with Crippen LogP contribution in [0.5, 0.6) is 0 Å². The van der Waals surface area contributed by atoms with E-state index in [2.05, 4.69) is 25.1 Å². The number of hydrogen-bond donors (Lipinski definition) is 1. The first-order valence-electron chi connectivity index (χ1n) is 11.0. The molecule has 1 N–H and O–H groups in total. The van der Waals surface area contributed by atoms with E-state index >= 15 is 0 Å². The molecule has 5 heterocycles. The Morgan fingerprint density at radius 1 is 1.10 bits per heavy atom. The summed E-state index contributed by atoms with van der Waals surface area (Å²) in [5.74, 6) is 1.36. The van der Waals surface area contributed by atoms with Gasteiger partial charge in [0.25, 0.3) is 5.56 Å². The molecule has 158 valence electrons. The third kappa shape index (κ3) is 3.71. The van der Waals surface area contributed by atoms with Crippen molar-refractivity contribution in [1.29, 1.82) is 0 Å². The number of guanidine groups is 1. The highest BCUT2D eigenvalue weighted by atomic mass is 16.1. The Bertz CT molecular complexity index is 973. The predicted octanol–water partition coefficient (Wildman–Crippen LogP) is 2.23. The van der Waals surface area contributed by atoms with Crippen LogP contribution in [0.1, 0.15) is 49.5 Å². The molecule has 5 rings (SSSR count). The zero-order valence-corrected chi connectivity index (χ0v) is 17.5. The summed E-state index contributed by atoms with van der Waals surface area (Å²) in [5.41, 5.74) is 1.48. The Hall–Kier alpha value is -2.74. The molecule has 8 heteroatoms. The fraction of sp³-hybridized carbons (Fsp3) is 0.545. The van der Waals surface area contributed by atoms with Gasteiger partial charge in [0.05, 0.1) is 0 Å². The molecule has 2 aromatic rings. The van der Waals surface area contributed by atoms with Crippen LogP contribution >= 0.6 is 0 Å². The highest BCUT2D eigenvalue weighted by molar-refractivity contribution is 5.93. The van der Waals surface area contributed by atoms with Gasteiger partial charge in [0.2, 0.25) is 11.9 Å². The molecule has 2 aromatic heterocycles. The van der Waals surface area contributed by atoms with Crippen molar-refractivity contribution in [2.45, 2.75) is 51.2 Å². The molecule has 0 aliphatic carbocycles. The van der Waals surface area contributed by atoms with E-state index in [1.165, 1.54) is 32.4 Å². The lowest BCUT2D eigenvalue weighted by atomic mass is 10.00. The number of aryl methyl sites for hydroxylation is 1. The quantitative estimate of drug-likeness (QED) is 0.823. The summed E-state index contributed by atoms with van der Waals surface area (Å²) in [4.78, 5) is 31.5. The number of nitrogens with zero attached hydrogens (tertiary/aromatic N) is 6. The Kier molecular flexibility index (Phi) is 5.25. The molecule has 0 bridgehead atoms. The molecule has 8 nitrogen and oxygen atoms in total. The van der Waals surface area contributed by atoms with Gasteiger partial charge in [0, 0.05) is 48.8 Å². The summed E-state index contributed by atoms with van der Waals surface area (Å²) in [7, 11) is 0. The molecule has 3 aliphatic heterocycles. The molecule has 0 unspecified atom stereocenters. The minimum absolute atomic E-state index is 0.106. The molecular weight excluding hydrogens is 378 g/mol. The number of aliphatic imine (C=N–C) groups is 1. The number of nitrogens with one attached hydrogen (secondary N) is 1. The van der Waals surface area contributed by atoms with Crippen molar-refractivity contribution in [3.63, 3.8) is 0 Å². The van der Waals surface area contributed by atoms with Crippen LogP contribution in [0.25, 0.3) is 0 Å². The first-order valence-corrected chi connectivity index (χ1v) is 11.0. The Labute approximate surface area is 176 Å². The SMILES string of the molecule is Cc1cc(=O)n2c(n1)NC(N1CCC(N3CCCCC3)CC1)=N[C@@H]2c1cccnc1. The number of aromatic nitrogens is 3. The van der Waals surface area contributed by atoms with Gasteiger partial charge >= 0.3 is 0 Å². The molecule has 30 heavy (non-hydrogen) atoms. The maximum atomic E-state index is 12.7. The molecular formula is C22H29N7O. The van der Waals surface area contributed by atoms with E-state index in [1.54, 1.807) is 23.0 Å². The van der Waals surface area contributed by atoms with Crippen LogP contribution in [-0.4, -0.2) is 62.5 Å². The second kappa shape index (κ2) is 8.18. The summed E-state index contributed by atoms with van der Waals surface area (Å²) < 4.78 is 1.62. The number of piperidine rings is 2. The predicted molar refractivity (Wildman–Crippen MR) is 117 cm³/mol. The normalized spacial score (nSPS) is 22.9. The van der Waals surface area contributed by atoms with Crippen LogP contribution in [0.4, 0.5) is 5.95 Å². The van der Waals surface area contributed by atoms with E-state index < -0.39 is 6.17 Å². The monoisotopic (exact) mass is 407 g/mol. The van der Waals surface area contributed by atoms with E-state index in [1.807, 2.05) is 19.1 Å². The number of hydrogen-bond acceptors (Lipinski definition) is 7. The largest absolute Gasteiger partial charge is 0.342 e. The average Bonchev–Trinajstić information content (AvgIpc) is 2.79. The van der Waals surface area contributed by atoms with Crippen LogP contribution in [-0.2, 0) is 0 Å². The van der Waals surface area contributed by atoms with Gasteiger partial charge in [-0.2, -0.15) is 0 Å². The summed E-state index contributed by atoms with van der Waals surface area (Å²) in [5, 5.41) is 3.34. The Morgan fingerprint density at radius 2 is 1.90 bits per heavy atom. The highest BCUT2D eigenvalue weighted by Gasteiger charge is 2.31. The number of pyridine rings is 1. The van der Waals surface area contributed by atoms with Gasteiger partial charge in [-0.3, -0.25) is 19.7 Å². The van der Waals surface area contributed by atoms with Crippen molar-refractivity contribution in [1.82, 2.24) is 24.3 Å². The van der Waals surface area contributed by atoms with Gasteiger partial charge in [-0.05, 0) is 51.8 Å². The van der Waals surface area contributed by atoms with Gasteiger partial charge in [-0.15, -0.1) is 0 Å². The lowest BCUT2D eigenvalue weighted by molar-refractivity contribution is 0.114. The van der Waals surface area contributed by atoms with E-state index in [9.17, 15) is 4.79 Å². The molecule has 0 spiro atoms. The molecule has 1 atom stereocenters. The lowest BCUT2D eigenvalue weighted by Gasteiger charge is -2.42. The van der Waals surface area contributed by atoms with Crippen LogP contribution < -0.4 is 10.9 Å². The maximum absolute atomic E-state index is 12.7. The van der Waals surface area contributed by atoms with Crippen LogP contribution in [0.2, 0.25) is 0 Å². The van der Waals surface area contributed by atoms with Gasteiger partial charge < -0.3 is 9.80 Å². The molecule has 0 saturated carbocycles. The van der Waals surface area contributed by atoms with Gasteiger partial charge in [0.1, 0.15) is 0 Å². The van der Waals surface area contributed by atoms with Crippen molar-refractivity contribution >= 4 is 11.9 Å². The van der Waals surface area contributed by atoms with E-state index in [0.29, 0.717) is 17.7 Å². The third-order valence-corrected chi connectivity index (χ3v) is 6.45. The summed E-state index contributed by atoms with van der Waals surface area (Å²) in [6.45, 7) is 6.25. The maximum Gasteiger partial charge on any atom is 0.257 e. The molecule has 3 aliphatic rings. The van der Waals surface area contributed by atoms with Gasteiger partial charge in [-0.1, -0.05) is 12.5 Å². The number of anilines is 1. The zero-order chi connectivity index (χ0) is 20.5. The number of likely N-dealkylation sites (tertiary alicyclic amines) is 2. The van der Waals surface area contributed by atoms with E-state index in [0.717, 1.165) is 37.5 Å². The zero-order valence-electron chi connectivity index (χ0n) is 17.5. The molecule has 2 saturated heterocycles. The minimum atomic E-state index is -0.453. The summed E-state index contributed by atoms with van der Waals surface area (Å²) in [6.07, 6.45) is 9.38. The smallest absolute Gasteiger partial charge is 0.257 e. The Morgan fingerprint density at radius 3 is 2.63 bits per heavy atom. The molecule has 2 fully saturated rings. The molecule has 0 aromatic carbocycles. The molecule has 0 amide bonds. The van der Waals surface area contributed by atoms with Crippen molar-refractivity contribution in [3.8, 4) is 0 Å². The topological polar surface area (TPSA) is 78.7 Å². The first kappa shape index (κ1) is 19.2. The second-order valence-corrected chi connectivity index (χ2v) is 8.48. The third-order valence-electron chi connectivity index (χ3n) is 6.45. The minimum Gasteiger partial charge on any atom is -0.342 e. The number of rotatable bonds is 2. The van der Waals surface area contributed by atoms with Crippen molar-refractivity contribution in [3.05, 3.63) is 52.2 Å². The van der Waals surface area contributed by atoms with Gasteiger partial charge in [-0.25, -0.2) is 9.98 Å². The van der Waals surface area contributed by atoms with Gasteiger partial charge in [0.15, 0.2) is 6.17 Å². The van der Waals surface area contributed by atoms with Crippen LogP contribution in [0.15, 0.2) is 40.4 Å². The fourth-order valence-corrected chi connectivity index (χ4v) is 4.88. The lowest BCUT2D eigenvalue weighted by Crippen LogP contribution is -2.51. The highest BCUT2D eigenvalue weighted by Crippen LogP contribution is 2.27. The Balaban J connectivity index is 1.40. The summed E-state index contributed by atoms with van der Waals surface area (Å²) in [6, 6.07) is 6.07.